The van der Waals surface area contributed by atoms with E-state index in [4.69, 9.17) is 9.47 Å². The summed E-state index contributed by atoms with van der Waals surface area (Å²) < 4.78 is 11.6. The molecule has 1 heterocycles. The largest absolute Gasteiger partial charge is 0.353 e. The molecule has 0 aromatic carbocycles. The van der Waals surface area contributed by atoms with Crippen molar-refractivity contribution in [2.75, 3.05) is 6.61 Å². The van der Waals surface area contributed by atoms with Gasteiger partial charge in [-0.15, -0.1) is 0 Å². The molecule has 1 aliphatic rings. The van der Waals surface area contributed by atoms with Gasteiger partial charge in [0.2, 0.25) is 0 Å². The van der Waals surface area contributed by atoms with Crippen molar-refractivity contribution in [3.05, 3.63) is 0 Å². The highest BCUT2D eigenvalue weighted by Crippen LogP contribution is 2.30. The van der Waals surface area contributed by atoms with Crippen molar-refractivity contribution in [2.45, 2.75) is 70.0 Å². The molecule has 1 unspecified atom stereocenters. The normalized spacial score (nSPS) is 24.2. The third-order valence-corrected chi connectivity index (χ3v) is 2.60. The molecular weight excluding hydrogens is 208 g/mol. The zero-order chi connectivity index (χ0) is 11.5. The molecular formula is C12H24O2S. The molecule has 1 aliphatic heterocycles. The molecule has 2 nitrogen and oxygen atoms in total. The second kappa shape index (κ2) is 5.07. The van der Waals surface area contributed by atoms with E-state index in [-0.39, 0.29) is 16.6 Å². The summed E-state index contributed by atoms with van der Waals surface area (Å²) in [6, 6.07) is 0. The van der Waals surface area contributed by atoms with E-state index in [9.17, 15) is 0 Å². The van der Waals surface area contributed by atoms with E-state index in [2.05, 4.69) is 40.3 Å². The van der Waals surface area contributed by atoms with Crippen molar-refractivity contribution in [1.29, 1.82) is 0 Å². The first-order valence-electron chi connectivity index (χ1n) is 5.80. The quantitative estimate of drug-likeness (QED) is 0.749. The lowest BCUT2D eigenvalue weighted by Crippen LogP contribution is -2.38. The van der Waals surface area contributed by atoms with Gasteiger partial charge in [-0.05, 0) is 39.5 Å². The fourth-order valence-corrected chi connectivity index (χ4v) is 2.62. The van der Waals surface area contributed by atoms with E-state index in [0.29, 0.717) is 0 Å². The summed E-state index contributed by atoms with van der Waals surface area (Å²) in [6.07, 6.45) is 4.31. The Balaban J connectivity index is 2.40. The number of rotatable bonds is 4. The fraction of sp³-hybridized carbons (Fsp3) is 1.00. The summed E-state index contributed by atoms with van der Waals surface area (Å²) >= 11 is 4.55. The summed E-state index contributed by atoms with van der Waals surface area (Å²) in [5.41, 5.74) is -0.159. The van der Waals surface area contributed by atoms with E-state index in [0.717, 1.165) is 19.4 Å². The molecule has 0 aliphatic carbocycles. The second-order valence-corrected chi connectivity index (χ2v) is 6.87. The number of ether oxygens (including phenoxy) is 2. The van der Waals surface area contributed by atoms with Gasteiger partial charge in [0.15, 0.2) is 6.29 Å². The van der Waals surface area contributed by atoms with Gasteiger partial charge in [-0.1, -0.05) is 13.8 Å². The van der Waals surface area contributed by atoms with E-state index in [1.807, 2.05) is 0 Å². The van der Waals surface area contributed by atoms with Crippen LogP contribution in [0.15, 0.2) is 0 Å². The van der Waals surface area contributed by atoms with Gasteiger partial charge in [0.05, 0.1) is 5.60 Å². The smallest absolute Gasteiger partial charge is 0.158 e. The maximum Gasteiger partial charge on any atom is 0.158 e. The highest BCUT2D eigenvalue weighted by atomic mass is 32.1. The monoisotopic (exact) mass is 232 g/mol. The highest BCUT2D eigenvalue weighted by Gasteiger charge is 2.30. The van der Waals surface area contributed by atoms with Gasteiger partial charge >= 0.3 is 0 Å². The zero-order valence-corrected chi connectivity index (χ0v) is 11.3. The van der Waals surface area contributed by atoms with Gasteiger partial charge in [-0.2, -0.15) is 12.6 Å². The SMILES string of the molecule is CC(C)(S)CC(C)(C)OC1CCCCO1. The van der Waals surface area contributed by atoms with Crippen molar-refractivity contribution >= 4 is 12.6 Å². The van der Waals surface area contributed by atoms with Crippen LogP contribution in [-0.2, 0) is 9.47 Å². The molecule has 15 heavy (non-hydrogen) atoms. The molecule has 0 N–H and O–H groups in total. The summed E-state index contributed by atoms with van der Waals surface area (Å²) in [7, 11) is 0. The minimum Gasteiger partial charge on any atom is -0.353 e. The molecule has 0 saturated carbocycles. The topological polar surface area (TPSA) is 18.5 Å². The van der Waals surface area contributed by atoms with Crippen LogP contribution in [0.5, 0.6) is 0 Å². The first kappa shape index (κ1) is 13.3. The van der Waals surface area contributed by atoms with Crippen LogP contribution >= 0.6 is 12.6 Å². The minimum atomic E-state index is -0.159. The van der Waals surface area contributed by atoms with Gasteiger partial charge in [0.1, 0.15) is 0 Å². The fourth-order valence-electron chi connectivity index (χ4n) is 2.24. The van der Waals surface area contributed by atoms with Crippen LogP contribution < -0.4 is 0 Å². The van der Waals surface area contributed by atoms with E-state index >= 15 is 0 Å². The van der Waals surface area contributed by atoms with Gasteiger partial charge in [0, 0.05) is 11.4 Å². The Hall–Kier alpha value is 0.270. The Kier molecular flexibility index (Phi) is 4.50. The van der Waals surface area contributed by atoms with E-state index in [1.165, 1.54) is 12.8 Å². The van der Waals surface area contributed by atoms with Gasteiger partial charge in [-0.3, -0.25) is 0 Å². The number of thiol groups is 1. The van der Waals surface area contributed by atoms with Crippen LogP contribution in [0.25, 0.3) is 0 Å². The maximum atomic E-state index is 5.98. The Bertz CT molecular complexity index is 190. The standard InChI is InChI=1S/C12H24O2S/c1-11(2,9-12(3,4)15)14-10-7-5-6-8-13-10/h10,15H,5-9H2,1-4H3. The molecule has 1 saturated heterocycles. The van der Waals surface area contributed by atoms with Crippen molar-refractivity contribution in [3.8, 4) is 0 Å². The molecule has 0 radical (unpaired) electrons. The summed E-state index contributed by atoms with van der Waals surface area (Å²) in [6.45, 7) is 9.29. The number of hydrogen-bond donors (Lipinski definition) is 1. The molecule has 0 spiro atoms. The van der Waals surface area contributed by atoms with Crippen LogP contribution in [0.2, 0.25) is 0 Å². The number of hydrogen-bond acceptors (Lipinski definition) is 3. The third kappa shape index (κ3) is 5.79. The minimum absolute atomic E-state index is 0.00182. The van der Waals surface area contributed by atoms with Crippen molar-refractivity contribution in [2.24, 2.45) is 0 Å². The van der Waals surface area contributed by atoms with E-state index < -0.39 is 0 Å². The van der Waals surface area contributed by atoms with Crippen LogP contribution in [0.4, 0.5) is 0 Å². The molecule has 0 aromatic rings. The van der Waals surface area contributed by atoms with Gasteiger partial charge in [0.25, 0.3) is 0 Å². The van der Waals surface area contributed by atoms with Crippen LogP contribution in [0.1, 0.15) is 53.4 Å². The van der Waals surface area contributed by atoms with Crippen molar-refractivity contribution < 1.29 is 9.47 Å². The Morgan fingerprint density at radius 3 is 2.40 bits per heavy atom. The average molecular weight is 232 g/mol. The molecule has 0 aromatic heterocycles. The Morgan fingerprint density at radius 2 is 1.93 bits per heavy atom. The van der Waals surface area contributed by atoms with Crippen LogP contribution in [0.3, 0.4) is 0 Å². The first-order valence-corrected chi connectivity index (χ1v) is 6.25. The molecule has 1 rings (SSSR count). The molecule has 90 valence electrons. The summed E-state index contributed by atoms with van der Waals surface area (Å²) in [5, 5.41) is 0. The molecule has 1 atom stereocenters. The molecule has 3 heteroatoms. The summed E-state index contributed by atoms with van der Waals surface area (Å²) in [5.74, 6) is 0. The molecule has 0 bridgehead atoms. The molecule has 1 fully saturated rings. The third-order valence-electron chi connectivity index (χ3n) is 2.45. The predicted octanol–water partition coefficient (Wildman–Crippen LogP) is 3.41. The Morgan fingerprint density at radius 1 is 1.27 bits per heavy atom. The van der Waals surface area contributed by atoms with Crippen LogP contribution in [0, 0.1) is 0 Å². The maximum absolute atomic E-state index is 5.98. The zero-order valence-electron chi connectivity index (χ0n) is 10.4. The first-order chi connectivity index (χ1) is 6.79. The lowest BCUT2D eigenvalue weighted by Gasteiger charge is -2.36. The van der Waals surface area contributed by atoms with E-state index in [1.54, 1.807) is 0 Å². The van der Waals surface area contributed by atoms with Crippen molar-refractivity contribution in [1.82, 2.24) is 0 Å². The lowest BCUT2D eigenvalue weighted by molar-refractivity contribution is -0.217. The predicted molar refractivity (Wildman–Crippen MR) is 66.4 cm³/mol. The highest BCUT2D eigenvalue weighted by molar-refractivity contribution is 7.81. The second-order valence-electron chi connectivity index (χ2n) is 5.66. The van der Waals surface area contributed by atoms with Crippen LogP contribution in [-0.4, -0.2) is 23.2 Å². The molecule has 0 amide bonds. The Labute approximate surface area is 99.1 Å². The average Bonchev–Trinajstić information content (AvgIpc) is 1.99. The van der Waals surface area contributed by atoms with Gasteiger partial charge in [-0.25, -0.2) is 0 Å². The van der Waals surface area contributed by atoms with Crippen molar-refractivity contribution in [3.63, 3.8) is 0 Å². The van der Waals surface area contributed by atoms with Gasteiger partial charge < -0.3 is 9.47 Å². The summed E-state index contributed by atoms with van der Waals surface area (Å²) in [4.78, 5) is 0. The lowest BCUT2D eigenvalue weighted by atomic mass is 9.95.